The summed E-state index contributed by atoms with van der Waals surface area (Å²) in [7, 11) is 0. The molecule has 0 radical (unpaired) electrons. The molecule has 0 N–H and O–H groups in total. The number of hydrogen-bond donors (Lipinski definition) is 0. The lowest BCUT2D eigenvalue weighted by Gasteiger charge is -2.29. The van der Waals surface area contributed by atoms with E-state index in [0.717, 1.165) is 5.57 Å². The Morgan fingerprint density at radius 2 is 2.04 bits per heavy atom. The van der Waals surface area contributed by atoms with Crippen molar-refractivity contribution in [2.45, 2.75) is 32.8 Å². The Labute approximate surface area is 150 Å². The molecule has 0 aliphatic carbocycles. The second-order valence-electron chi connectivity index (χ2n) is 6.35. The minimum absolute atomic E-state index is 0.164. The molecule has 0 spiro atoms. The van der Waals surface area contributed by atoms with Gasteiger partial charge < -0.3 is 14.5 Å². The van der Waals surface area contributed by atoms with Crippen molar-refractivity contribution in [1.82, 2.24) is 20.0 Å². The van der Waals surface area contributed by atoms with E-state index in [1.807, 2.05) is 0 Å². The zero-order valence-electron chi connectivity index (χ0n) is 19.9. The van der Waals surface area contributed by atoms with Crippen LogP contribution in [0.2, 0.25) is 0 Å². The van der Waals surface area contributed by atoms with Gasteiger partial charge in [-0.1, -0.05) is 6.08 Å². The fourth-order valence-electron chi connectivity index (χ4n) is 2.13. The number of nitrogens with zero attached hydrogens (tertiary/aromatic N) is 4. The van der Waals surface area contributed by atoms with Gasteiger partial charge in [0.15, 0.2) is 5.69 Å². The normalized spacial score (nSPS) is 19.6. The predicted octanol–water partition coefficient (Wildman–Crippen LogP) is 2.20. The van der Waals surface area contributed by atoms with E-state index in [4.69, 9.17) is 13.0 Å². The molecule has 7 nitrogen and oxygen atoms in total. The molecule has 0 aromatic carbocycles. The summed E-state index contributed by atoms with van der Waals surface area (Å²) in [4.78, 5) is 25.9. The number of rotatable bonds is 2. The monoisotopic (exact) mass is 338 g/mol. The van der Waals surface area contributed by atoms with Crippen molar-refractivity contribution in [3.8, 4) is 0 Å². The lowest BCUT2D eigenvalue weighted by atomic mass is 10.0. The molecular weight excluding hydrogens is 308 g/mol. The third-order valence-electron chi connectivity index (χ3n) is 3.28. The summed E-state index contributed by atoms with van der Waals surface area (Å²) in [6.45, 7) is -0.219. The Morgan fingerprint density at radius 1 is 1.29 bits per heavy atom. The van der Waals surface area contributed by atoms with Gasteiger partial charge >= 0.3 is 6.09 Å². The third kappa shape index (κ3) is 4.53. The molecule has 2 amide bonds. The van der Waals surface area contributed by atoms with Crippen LogP contribution in [0.5, 0.6) is 0 Å². The molecule has 0 fully saturated rings. The second kappa shape index (κ2) is 6.98. The molecule has 1 aliphatic heterocycles. The molecule has 0 bridgehead atoms. The molecule has 24 heavy (non-hydrogen) atoms. The van der Waals surface area contributed by atoms with Gasteiger partial charge in [0.25, 0.3) is 5.91 Å². The van der Waals surface area contributed by atoms with E-state index in [2.05, 4.69) is 10.2 Å². The van der Waals surface area contributed by atoms with E-state index in [9.17, 15) is 9.59 Å². The summed E-state index contributed by atoms with van der Waals surface area (Å²) >= 11 is 0. The molecule has 130 valence electrons. The zero-order chi connectivity index (χ0) is 22.9. The van der Waals surface area contributed by atoms with Gasteiger partial charge in [0.1, 0.15) is 5.60 Å². The van der Waals surface area contributed by atoms with Crippen LogP contribution in [-0.2, 0) is 4.74 Å². The molecule has 2 rings (SSSR count). The highest BCUT2D eigenvalue weighted by molar-refractivity contribution is 5.91. The van der Waals surface area contributed by atoms with Crippen molar-refractivity contribution in [2.75, 3.05) is 27.0 Å². The summed E-state index contributed by atoms with van der Waals surface area (Å²) in [5.41, 5.74) is 0.263. The molecule has 1 aromatic heterocycles. The summed E-state index contributed by atoms with van der Waals surface area (Å²) < 4.78 is 49.2. The first-order valence-electron chi connectivity index (χ1n) is 10.5. The van der Waals surface area contributed by atoms with Gasteiger partial charge in [0, 0.05) is 35.3 Å². The molecule has 1 aliphatic rings. The van der Waals surface area contributed by atoms with Gasteiger partial charge in [0.2, 0.25) is 0 Å². The van der Waals surface area contributed by atoms with Crippen LogP contribution in [-0.4, -0.2) is 64.6 Å². The average molecular weight is 338 g/mol. The standard InChI is InChI=1S/C17H24N4O3/c1-17(2,3)24-16(23)21-10-8-12(9-11-21)13-6-7-14(19-18-13)15(22)20(4)5/h6-8H,9-11H2,1-5H3/i4D3,5D3. The number of hydrogen-bond acceptors (Lipinski definition) is 5. The molecular formula is C17H24N4O3. The third-order valence-corrected chi connectivity index (χ3v) is 3.28. The number of aromatic nitrogens is 2. The lowest BCUT2D eigenvalue weighted by molar-refractivity contribution is 0.0270. The first-order chi connectivity index (χ1) is 13.6. The Hall–Kier alpha value is -2.44. The maximum atomic E-state index is 12.4. The summed E-state index contributed by atoms with van der Waals surface area (Å²) in [5.74, 6) is -1.26. The van der Waals surface area contributed by atoms with Crippen LogP contribution in [0.15, 0.2) is 18.2 Å². The first kappa shape index (κ1) is 11.2. The minimum atomic E-state index is -3.15. The van der Waals surface area contributed by atoms with E-state index < -0.39 is 37.2 Å². The van der Waals surface area contributed by atoms with Crippen molar-refractivity contribution < 1.29 is 22.6 Å². The van der Waals surface area contributed by atoms with E-state index in [1.165, 1.54) is 12.1 Å². The van der Waals surface area contributed by atoms with Crippen LogP contribution < -0.4 is 0 Å². The van der Waals surface area contributed by atoms with E-state index in [-0.39, 0.29) is 4.90 Å². The largest absolute Gasteiger partial charge is 0.444 e. The van der Waals surface area contributed by atoms with Gasteiger partial charge in [-0.2, -0.15) is 5.10 Å². The van der Waals surface area contributed by atoms with Crippen molar-refractivity contribution >= 4 is 17.6 Å². The fourth-order valence-corrected chi connectivity index (χ4v) is 2.13. The van der Waals surface area contributed by atoms with Gasteiger partial charge in [0.05, 0.1) is 5.69 Å². The molecule has 2 heterocycles. The zero-order valence-corrected chi connectivity index (χ0v) is 13.9. The summed E-state index contributed by atoms with van der Waals surface area (Å²) in [5, 5.41) is 7.65. The topological polar surface area (TPSA) is 75.6 Å². The van der Waals surface area contributed by atoms with Crippen molar-refractivity contribution in [3.05, 3.63) is 29.6 Å². The van der Waals surface area contributed by atoms with Crippen LogP contribution in [0.4, 0.5) is 4.79 Å². The summed E-state index contributed by atoms with van der Waals surface area (Å²) in [6, 6.07) is 2.70. The van der Waals surface area contributed by atoms with Crippen LogP contribution in [0.3, 0.4) is 0 Å². The number of amides is 2. The molecule has 1 aromatic rings. The maximum Gasteiger partial charge on any atom is 0.410 e. The lowest BCUT2D eigenvalue weighted by Crippen LogP contribution is -2.39. The van der Waals surface area contributed by atoms with Gasteiger partial charge in [-0.3, -0.25) is 4.79 Å². The van der Waals surface area contributed by atoms with Crippen LogP contribution in [0, 0.1) is 0 Å². The van der Waals surface area contributed by atoms with E-state index >= 15 is 0 Å². The van der Waals surface area contributed by atoms with Crippen molar-refractivity contribution in [3.63, 3.8) is 0 Å². The van der Waals surface area contributed by atoms with Crippen molar-refractivity contribution in [1.29, 1.82) is 0 Å². The number of carbonyl (C=O) groups is 2. The van der Waals surface area contributed by atoms with E-state index in [0.29, 0.717) is 25.2 Å². The van der Waals surface area contributed by atoms with Gasteiger partial charge in [-0.05, 0) is 44.9 Å². The summed E-state index contributed by atoms with van der Waals surface area (Å²) in [6.07, 6.45) is 1.85. The van der Waals surface area contributed by atoms with Crippen LogP contribution in [0.1, 0.15) is 51.6 Å². The van der Waals surface area contributed by atoms with Crippen molar-refractivity contribution in [2.24, 2.45) is 0 Å². The Balaban J connectivity index is 2.13. The highest BCUT2D eigenvalue weighted by atomic mass is 16.6. The maximum absolute atomic E-state index is 12.4. The van der Waals surface area contributed by atoms with Gasteiger partial charge in [-0.25, -0.2) is 4.79 Å². The van der Waals surface area contributed by atoms with Crippen LogP contribution >= 0.6 is 0 Å². The molecule has 0 saturated heterocycles. The second-order valence-corrected chi connectivity index (χ2v) is 6.35. The Morgan fingerprint density at radius 3 is 2.54 bits per heavy atom. The van der Waals surface area contributed by atoms with Gasteiger partial charge in [-0.15, -0.1) is 5.10 Å². The Bertz CT molecular complexity index is 814. The first-order valence-corrected chi connectivity index (χ1v) is 7.45. The Kier molecular flexibility index (Phi) is 3.25. The smallest absolute Gasteiger partial charge is 0.410 e. The highest BCUT2D eigenvalue weighted by Crippen LogP contribution is 2.21. The predicted molar refractivity (Wildman–Crippen MR) is 90.5 cm³/mol. The quantitative estimate of drug-likeness (QED) is 0.826. The molecule has 0 atom stereocenters. The SMILES string of the molecule is [2H]C([2H])([2H])N(C(=O)c1ccc(C2=CCN(C(=O)OC(C)(C)C)CC2)nn1)C([2H])([2H])[2H]. The molecule has 0 saturated carbocycles. The minimum Gasteiger partial charge on any atom is -0.444 e. The molecule has 7 heteroatoms. The molecule has 0 unspecified atom stereocenters. The number of ether oxygens (including phenoxy) is 1. The van der Waals surface area contributed by atoms with Crippen LogP contribution in [0.25, 0.3) is 5.57 Å². The number of carbonyl (C=O) groups excluding carboxylic acids is 2. The average Bonchev–Trinajstić information content (AvgIpc) is 2.58. The highest BCUT2D eigenvalue weighted by Gasteiger charge is 2.24. The van der Waals surface area contributed by atoms with E-state index in [1.54, 1.807) is 31.7 Å². The fraction of sp³-hybridized carbons (Fsp3) is 0.529.